The third kappa shape index (κ3) is 1.53. The zero-order chi connectivity index (χ0) is 13.5. The Labute approximate surface area is 117 Å². The second-order valence-electron chi connectivity index (χ2n) is 4.21. The SMILES string of the molecule is Nc1onc(-c2cnn3ccncc23)c1-c1cccs1. The van der Waals surface area contributed by atoms with Gasteiger partial charge < -0.3 is 10.3 Å². The second-order valence-corrected chi connectivity index (χ2v) is 5.16. The fourth-order valence-electron chi connectivity index (χ4n) is 2.16. The molecule has 4 aromatic rings. The van der Waals surface area contributed by atoms with Crippen LogP contribution in [0.3, 0.4) is 0 Å². The molecule has 0 atom stereocenters. The Morgan fingerprint density at radius 3 is 3.10 bits per heavy atom. The normalized spacial score (nSPS) is 11.2. The van der Waals surface area contributed by atoms with E-state index in [1.54, 1.807) is 40.6 Å². The number of nitrogens with two attached hydrogens (primary N) is 1. The van der Waals surface area contributed by atoms with Crippen LogP contribution in [-0.4, -0.2) is 19.8 Å². The van der Waals surface area contributed by atoms with E-state index in [0.717, 1.165) is 21.5 Å². The van der Waals surface area contributed by atoms with Crippen LogP contribution < -0.4 is 5.73 Å². The van der Waals surface area contributed by atoms with Gasteiger partial charge in [0.2, 0.25) is 5.88 Å². The van der Waals surface area contributed by atoms with E-state index < -0.39 is 0 Å². The van der Waals surface area contributed by atoms with Gasteiger partial charge in [-0.15, -0.1) is 11.3 Å². The van der Waals surface area contributed by atoms with Crippen molar-refractivity contribution in [2.75, 3.05) is 5.73 Å². The molecule has 0 fully saturated rings. The number of nitrogens with zero attached hydrogens (tertiary/aromatic N) is 4. The third-order valence-corrected chi connectivity index (χ3v) is 3.95. The molecule has 6 nitrogen and oxygen atoms in total. The number of thiophene rings is 1. The van der Waals surface area contributed by atoms with Crippen LogP contribution in [0.1, 0.15) is 0 Å². The molecule has 0 aliphatic heterocycles. The number of fused-ring (bicyclic) bond motifs is 1. The molecule has 0 bridgehead atoms. The Morgan fingerprint density at radius 2 is 2.25 bits per heavy atom. The zero-order valence-electron chi connectivity index (χ0n) is 10.2. The van der Waals surface area contributed by atoms with Gasteiger partial charge >= 0.3 is 0 Å². The predicted octanol–water partition coefficient (Wildman–Crippen LogP) is 2.70. The molecule has 2 N–H and O–H groups in total. The van der Waals surface area contributed by atoms with E-state index in [1.807, 2.05) is 17.5 Å². The van der Waals surface area contributed by atoms with Gasteiger partial charge in [0, 0.05) is 17.3 Å². The smallest absolute Gasteiger partial charge is 0.231 e. The standard InChI is InChI=1S/C13H9N5OS/c14-13-11(10-2-1-5-20-10)12(17-19-13)8-6-16-18-4-3-15-7-9(8)18/h1-7H,14H2. The van der Waals surface area contributed by atoms with E-state index in [1.165, 1.54) is 0 Å². The first-order valence-corrected chi connectivity index (χ1v) is 6.79. The molecular formula is C13H9N5OS. The van der Waals surface area contributed by atoms with Crippen LogP contribution in [0, 0.1) is 0 Å². The molecule has 98 valence electrons. The summed E-state index contributed by atoms with van der Waals surface area (Å²) in [6, 6.07) is 3.95. The topological polar surface area (TPSA) is 82.2 Å². The molecule has 7 heteroatoms. The molecule has 0 aromatic carbocycles. The molecule has 4 aromatic heterocycles. The van der Waals surface area contributed by atoms with Crippen LogP contribution >= 0.6 is 11.3 Å². The van der Waals surface area contributed by atoms with E-state index in [0.29, 0.717) is 11.6 Å². The van der Waals surface area contributed by atoms with Crippen molar-refractivity contribution in [3.8, 4) is 21.7 Å². The molecule has 0 saturated carbocycles. The number of nitrogen functional groups attached to an aromatic ring is 1. The molecule has 4 rings (SSSR count). The highest BCUT2D eigenvalue weighted by Gasteiger charge is 2.21. The van der Waals surface area contributed by atoms with Gasteiger partial charge in [-0.1, -0.05) is 11.2 Å². The lowest BCUT2D eigenvalue weighted by Crippen LogP contribution is -1.87. The molecule has 4 heterocycles. The van der Waals surface area contributed by atoms with E-state index in [2.05, 4.69) is 15.2 Å². The molecule has 0 radical (unpaired) electrons. The van der Waals surface area contributed by atoms with E-state index >= 15 is 0 Å². The molecule has 0 amide bonds. The van der Waals surface area contributed by atoms with Gasteiger partial charge in [0.25, 0.3) is 0 Å². The van der Waals surface area contributed by atoms with Crippen molar-refractivity contribution in [3.05, 3.63) is 42.3 Å². The summed E-state index contributed by atoms with van der Waals surface area (Å²) in [6.45, 7) is 0. The van der Waals surface area contributed by atoms with E-state index in [-0.39, 0.29) is 0 Å². The summed E-state index contributed by atoms with van der Waals surface area (Å²) in [7, 11) is 0. The first-order valence-electron chi connectivity index (χ1n) is 5.91. The van der Waals surface area contributed by atoms with Gasteiger partial charge in [0.1, 0.15) is 5.69 Å². The highest BCUT2D eigenvalue weighted by molar-refractivity contribution is 7.13. The highest BCUT2D eigenvalue weighted by atomic mass is 32.1. The Hall–Kier alpha value is -2.67. The summed E-state index contributed by atoms with van der Waals surface area (Å²) in [4.78, 5) is 5.14. The summed E-state index contributed by atoms with van der Waals surface area (Å²) in [6.07, 6.45) is 6.95. The maximum atomic E-state index is 5.92. The summed E-state index contributed by atoms with van der Waals surface area (Å²) < 4.78 is 6.91. The molecule has 0 spiro atoms. The van der Waals surface area contributed by atoms with Gasteiger partial charge in [0.05, 0.1) is 29.0 Å². The van der Waals surface area contributed by atoms with Crippen molar-refractivity contribution in [2.24, 2.45) is 0 Å². The van der Waals surface area contributed by atoms with Gasteiger partial charge in [-0.05, 0) is 11.4 Å². The average Bonchev–Trinajstić information content (AvgIpc) is 3.16. The Balaban J connectivity index is 2.00. The Morgan fingerprint density at radius 1 is 1.30 bits per heavy atom. The number of hydrogen-bond donors (Lipinski definition) is 1. The van der Waals surface area contributed by atoms with Crippen LogP contribution in [0.2, 0.25) is 0 Å². The van der Waals surface area contributed by atoms with Crippen molar-refractivity contribution < 1.29 is 4.52 Å². The molecule has 0 aliphatic rings. The summed E-state index contributed by atoms with van der Waals surface area (Å²) >= 11 is 1.59. The minimum atomic E-state index is 0.311. The van der Waals surface area contributed by atoms with Gasteiger partial charge in [-0.25, -0.2) is 4.52 Å². The van der Waals surface area contributed by atoms with E-state index in [9.17, 15) is 0 Å². The van der Waals surface area contributed by atoms with Gasteiger partial charge in [0.15, 0.2) is 0 Å². The average molecular weight is 283 g/mol. The Bertz CT molecular complexity index is 877. The molecule has 0 aliphatic carbocycles. The van der Waals surface area contributed by atoms with Crippen molar-refractivity contribution in [2.45, 2.75) is 0 Å². The monoisotopic (exact) mass is 283 g/mol. The molecule has 20 heavy (non-hydrogen) atoms. The lowest BCUT2D eigenvalue weighted by molar-refractivity contribution is 0.439. The van der Waals surface area contributed by atoms with Crippen LogP contribution in [0.5, 0.6) is 0 Å². The first kappa shape index (κ1) is 11.2. The van der Waals surface area contributed by atoms with Crippen molar-refractivity contribution >= 4 is 22.7 Å². The zero-order valence-corrected chi connectivity index (χ0v) is 11.0. The number of rotatable bonds is 2. The maximum Gasteiger partial charge on any atom is 0.231 e. The summed E-state index contributed by atoms with van der Waals surface area (Å²) in [5.41, 5.74) is 9.12. The quantitative estimate of drug-likeness (QED) is 0.611. The summed E-state index contributed by atoms with van der Waals surface area (Å²) in [5, 5.41) is 10.4. The fraction of sp³-hybridized carbons (Fsp3) is 0. The Kier molecular flexibility index (Phi) is 2.33. The molecule has 0 unspecified atom stereocenters. The lowest BCUT2D eigenvalue weighted by atomic mass is 10.1. The van der Waals surface area contributed by atoms with Crippen molar-refractivity contribution in [1.82, 2.24) is 19.8 Å². The van der Waals surface area contributed by atoms with Crippen LogP contribution in [-0.2, 0) is 0 Å². The predicted molar refractivity (Wildman–Crippen MR) is 76.2 cm³/mol. The lowest BCUT2D eigenvalue weighted by Gasteiger charge is -1.98. The van der Waals surface area contributed by atoms with Crippen LogP contribution in [0.25, 0.3) is 27.2 Å². The van der Waals surface area contributed by atoms with Gasteiger partial charge in [-0.3, -0.25) is 4.98 Å². The largest absolute Gasteiger partial charge is 0.367 e. The van der Waals surface area contributed by atoms with Crippen molar-refractivity contribution in [3.63, 3.8) is 0 Å². The minimum Gasteiger partial charge on any atom is -0.367 e. The first-order chi connectivity index (χ1) is 9.84. The number of aromatic nitrogens is 4. The number of hydrogen-bond acceptors (Lipinski definition) is 6. The molecule has 0 saturated heterocycles. The number of anilines is 1. The maximum absolute atomic E-state index is 5.92. The van der Waals surface area contributed by atoms with E-state index in [4.69, 9.17) is 10.3 Å². The summed E-state index contributed by atoms with van der Waals surface area (Å²) in [5.74, 6) is 0.311. The highest BCUT2D eigenvalue weighted by Crippen LogP contribution is 2.39. The van der Waals surface area contributed by atoms with Gasteiger partial charge in [-0.2, -0.15) is 5.10 Å². The fourth-order valence-corrected chi connectivity index (χ4v) is 2.94. The van der Waals surface area contributed by atoms with Crippen LogP contribution in [0.4, 0.5) is 5.88 Å². The van der Waals surface area contributed by atoms with Crippen LogP contribution in [0.15, 0.2) is 46.8 Å². The third-order valence-electron chi connectivity index (χ3n) is 3.07. The minimum absolute atomic E-state index is 0.311. The van der Waals surface area contributed by atoms with Crippen molar-refractivity contribution in [1.29, 1.82) is 0 Å². The molecular weight excluding hydrogens is 274 g/mol. The second kappa shape index (κ2) is 4.17.